The summed E-state index contributed by atoms with van der Waals surface area (Å²) in [6, 6.07) is 16.2. The molecule has 33 heavy (non-hydrogen) atoms. The van der Waals surface area contributed by atoms with E-state index in [-0.39, 0.29) is 11.7 Å². The summed E-state index contributed by atoms with van der Waals surface area (Å²) in [6.07, 6.45) is 3.89. The maximum atomic E-state index is 13.5. The average molecular weight is 453 g/mol. The van der Waals surface area contributed by atoms with Gasteiger partial charge in [-0.3, -0.25) is 9.69 Å². The molecule has 1 saturated heterocycles. The van der Waals surface area contributed by atoms with Crippen molar-refractivity contribution in [2.24, 2.45) is 0 Å². The average Bonchev–Trinajstić information content (AvgIpc) is 3.19. The molecule has 5 nitrogen and oxygen atoms in total. The van der Waals surface area contributed by atoms with Crippen molar-refractivity contribution >= 4 is 17.3 Å². The molecule has 2 heterocycles. The zero-order valence-electron chi connectivity index (χ0n) is 20.1. The Balaban J connectivity index is 1.52. The van der Waals surface area contributed by atoms with E-state index in [0.29, 0.717) is 37.6 Å². The van der Waals surface area contributed by atoms with Crippen molar-refractivity contribution in [1.82, 2.24) is 9.80 Å². The fourth-order valence-corrected chi connectivity index (χ4v) is 5.47. The molecule has 0 saturated carbocycles. The van der Waals surface area contributed by atoms with E-state index in [1.54, 1.807) is 12.1 Å². The highest BCUT2D eigenvalue weighted by Crippen LogP contribution is 2.31. The van der Waals surface area contributed by atoms with Crippen LogP contribution in [-0.4, -0.2) is 60.5 Å². The summed E-state index contributed by atoms with van der Waals surface area (Å²) in [4.78, 5) is 20.2. The van der Waals surface area contributed by atoms with E-state index in [0.717, 1.165) is 37.3 Å². The molecule has 1 fully saturated rings. The maximum absolute atomic E-state index is 13.5. The standard InChI is InChI=1S/C27H37FN4O/c1-20(2)32-24-12-13-25(32)19-31(18-21-6-4-5-7-26(21)29-16-14-24)27(33)15-17-30(3)23-10-8-22(28)9-11-23/h4-11,20,24-25,29H,12-19H2,1-3H3/t24-,25+/m1/s1. The van der Waals surface area contributed by atoms with Crippen LogP contribution in [0, 0.1) is 5.82 Å². The first-order valence-corrected chi connectivity index (χ1v) is 12.3. The van der Waals surface area contributed by atoms with E-state index < -0.39 is 0 Å². The Kier molecular flexibility index (Phi) is 7.53. The van der Waals surface area contributed by atoms with Crippen molar-refractivity contribution in [2.45, 2.75) is 64.2 Å². The minimum Gasteiger partial charge on any atom is -0.385 e. The smallest absolute Gasteiger partial charge is 0.224 e. The molecule has 0 aromatic heterocycles. The first kappa shape index (κ1) is 23.6. The van der Waals surface area contributed by atoms with Crippen LogP contribution in [0.15, 0.2) is 48.5 Å². The Morgan fingerprint density at radius 3 is 2.58 bits per heavy atom. The summed E-state index contributed by atoms with van der Waals surface area (Å²) in [5, 5.41) is 3.64. The van der Waals surface area contributed by atoms with Gasteiger partial charge in [0.25, 0.3) is 0 Å². The van der Waals surface area contributed by atoms with E-state index >= 15 is 0 Å². The predicted molar refractivity (Wildman–Crippen MR) is 133 cm³/mol. The first-order chi connectivity index (χ1) is 15.9. The summed E-state index contributed by atoms with van der Waals surface area (Å²) in [5.74, 6) is -0.0752. The monoisotopic (exact) mass is 452 g/mol. The number of rotatable bonds is 5. The lowest BCUT2D eigenvalue weighted by molar-refractivity contribution is -0.132. The third-order valence-electron chi connectivity index (χ3n) is 7.16. The lowest BCUT2D eigenvalue weighted by Crippen LogP contribution is -2.48. The molecular formula is C27H37FN4O. The predicted octanol–water partition coefficient (Wildman–Crippen LogP) is 4.74. The molecule has 2 bridgehead atoms. The highest BCUT2D eigenvalue weighted by Gasteiger charge is 2.36. The van der Waals surface area contributed by atoms with E-state index in [1.165, 1.54) is 24.1 Å². The summed E-state index contributed by atoms with van der Waals surface area (Å²) in [5.41, 5.74) is 3.22. The van der Waals surface area contributed by atoms with E-state index in [2.05, 4.69) is 53.2 Å². The number of nitrogens with zero attached hydrogens (tertiary/aromatic N) is 3. The van der Waals surface area contributed by atoms with Crippen molar-refractivity contribution in [1.29, 1.82) is 0 Å². The lowest BCUT2D eigenvalue weighted by Gasteiger charge is -2.36. The molecule has 6 heteroatoms. The second-order valence-electron chi connectivity index (χ2n) is 9.72. The van der Waals surface area contributed by atoms with Gasteiger partial charge in [0.1, 0.15) is 5.82 Å². The number of fused-ring (bicyclic) bond motifs is 3. The van der Waals surface area contributed by atoms with Crippen molar-refractivity contribution in [3.63, 3.8) is 0 Å². The molecule has 2 aliphatic heterocycles. The quantitative estimate of drug-likeness (QED) is 0.711. The number of nitrogens with one attached hydrogen (secondary N) is 1. The molecule has 0 unspecified atom stereocenters. The Morgan fingerprint density at radius 1 is 1.09 bits per heavy atom. The molecule has 1 amide bonds. The molecule has 0 aliphatic carbocycles. The minimum absolute atomic E-state index is 0.171. The second kappa shape index (κ2) is 10.6. The Hall–Kier alpha value is -2.60. The topological polar surface area (TPSA) is 38.8 Å². The van der Waals surface area contributed by atoms with Crippen molar-refractivity contribution in [3.05, 3.63) is 59.9 Å². The number of hydrogen-bond acceptors (Lipinski definition) is 4. The largest absolute Gasteiger partial charge is 0.385 e. The molecule has 2 aromatic carbocycles. The number of hydrogen-bond donors (Lipinski definition) is 1. The summed E-state index contributed by atoms with van der Waals surface area (Å²) >= 11 is 0. The van der Waals surface area contributed by atoms with Crippen LogP contribution in [-0.2, 0) is 11.3 Å². The van der Waals surface area contributed by atoms with Gasteiger partial charge in [0.15, 0.2) is 0 Å². The van der Waals surface area contributed by atoms with Gasteiger partial charge in [0.05, 0.1) is 0 Å². The normalized spacial score (nSPS) is 21.3. The second-order valence-corrected chi connectivity index (χ2v) is 9.72. The molecular weight excluding hydrogens is 415 g/mol. The number of carbonyl (C=O) groups excluding carboxylic acids is 1. The van der Waals surface area contributed by atoms with Crippen LogP contribution in [0.2, 0.25) is 0 Å². The summed E-state index contributed by atoms with van der Waals surface area (Å²) in [6.45, 7) is 7.49. The number of anilines is 2. The van der Waals surface area contributed by atoms with Crippen LogP contribution in [0.5, 0.6) is 0 Å². The third kappa shape index (κ3) is 5.67. The van der Waals surface area contributed by atoms with Crippen LogP contribution in [0.3, 0.4) is 0 Å². The first-order valence-electron chi connectivity index (χ1n) is 12.3. The molecule has 0 radical (unpaired) electrons. The number of amides is 1. The van der Waals surface area contributed by atoms with Crippen molar-refractivity contribution in [2.75, 3.05) is 36.9 Å². The Bertz CT molecular complexity index is 932. The molecule has 1 N–H and O–H groups in total. The van der Waals surface area contributed by atoms with Gasteiger partial charge in [-0.05, 0) is 69.0 Å². The van der Waals surface area contributed by atoms with Crippen LogP contribution in [0.4, 0.5) is 15.8 Å². The fourth-order valence-electron chi connectivity index (χ4n) is 5.47. The molecule has 4 rings (SSSR count). The SMILES string of the molecule is CC(C)N1[C@H]2CCNc3ccccc3CN(C(=O)CCN(C)c3ccc(F)cc3)C[C@@H]1CC2. The molecule has 0 spiro atoms. The van der Waals surface area contributed by atoms with Gasteiger partial charge in [-0.25, -0.2) is 4.39 Å². The van der Waals surface area contributed by atoms with Gasteiger partial charge in [-0.1, -0.05) is 18.2 Å². The fraction of sp³-hybridized carbons (Fsp3) is 0.519. The van der Waals surface area contributed by atoms with Gasteiger partial charge in [-0.15, -0.1) is 0 Å². The summed E-state index contributed by atoms with van der Waals surface area (Å²) in [7, 11) is 1.95. The Morgan fingerprint density at radius 2 is 1.82 bits per heavy atom. The van der Waals surface area contributed by atoms with Crippen LogP contribution < -0.4 is 10.2 Å². The van der Waals surface area contributed by atoms with Gasteiger partial charge in [0, 0.05) is 69.1 Å². The molecule has 178 valence electrons. The van der Waals surface area contributed by atoms with Crippen LogP contribution in [0.1, 0.15) is 45.1 Å². The summed E-state index contributed by atoms with van der Waals surface area (Å²) < 4.78 is 13.3. The van der Waals surface area contributed by atoms with Gasteiger partial charge >= 0.3 is 0 Å². The van der Waals surface area contributed by atoms with Crippen LogP contribution >= 0.6 is 0 Å². The third-order valence-corrected chi connectivity index (χ3v) is 7.16. The number of benzene rings is 2. The number of para-hydroxylation sites is 1. The van der Waals surface area contributed by atoms with E-state index in [4.69, 9.17) is 0 Å². The van der Waals surface area contributed by atoms with Gasteiger partial charge < -0.3 is 15.1 Å². The van der Waals surface area contributed by atoms with Gasteiger partial charge in [0.2, 0.25) is 5.91 Å². The maximum Gasteiger partial charge on any atom is 0.224 e. The zero-order valence-corrected chi connectivity index (χ0v) is 20.1. The molecule has 2 aromatic rings. The minimum atomic E-state index is -0.247. The molecule has 2 atom stereocenters. The number of carbonyl (C=O) groups is 1. The highest BCUT2D eigenvalue weighted by atomic mass is 19.1. The molecule has 2 aliphatic rings. The highest BCUT2D eigenvalue weighted by molar-refractivity contribution is 5.77. The van der Waals surface area contributed by atoms with Gasteiger partial charge in [-0.2, -0.15) is 0 Å². The van der Waals surface area contributed by atoms with Crippen LogP contribution in [0.25, 0.3) is 0 Å². The Labute approximate surface area is 197 Å². The van der Waals surface area contributed by atoms with Crippen molar-refractivity contribution < 1.29 is 9.18 Å². The zero-order chi connectivity index (χ0) is 23.4. The lowest BCUT2D eigenvalue weighted by atomic mass is 10.1. The van der Waals surface area contributed by atoms with Crippen molar-refractivity contribution in [3.8, 4) is 0 Å². The number of halogens is 1. The van der Waals surface area contributed by atoms with E-state index in [9.17, 15) is 9.18 Å². The van der Waals surface area contributed by atoms with E-state index in [1.807, 2.05) is 11.9 Å².